The number of phenolic OH excluding ortho intramolecular Hbond substituents is 2. The third kappa shape index (κ3) is 0.816. The van der Waals surface area contributed by atoms with E-state index in [0.29, 0.717) is 11.0 Å². The van der Waals surface area contributed by atoms with Crippen LogP contribution >= 0.6 is 0 Å². The second-order valence-corrected chi connectivity index (χ2v) is 2.30. The zero-order valence-corrected chi connectivity index (χ0v) is 5.61. The van der Waals surface area contributed by atoms with Crippen molar-refractivity contribution in [2.75, 3.05) is 0 Å². The molecular formula is C8H6O3. The largest absolute Gasteiger partial charge is 0.508 e. The summed E-state index contributed by atoms with van der Waals surface area (Å²) >= 11 is 0. The fraction of sp³-hybridized carbons (Fsp3) is 0. The zero-order valence-electron chi connectivity index (χ0n) is 5.61. The van der Waals surface area contributed by atoms with Gasteiger partial charge in [-0.15, -0.1) is 0 Å². The van der Waals surface area contributed by atoms with Crippen LogP contribution in [0.15, 0.2) is 28.9 Å². The summed E-state index contributed by atoms with van der Waals surface area (Å²) in [6.07, 6.45) is 1.46. The van der Waals surface area contributed by atoms with Crippen molar-refractivity contribution in [3.05, 3.63) is 24.5 Å². The van der Waals surface area contributed by atoms with Crippen molar-refractivity contribution in [2.45, 2.75) is 0 Å². The van der Waals surface area contributed by atoms with E-state index in [0.717, 1.165) is 0 Å². The van der Waals surface area contributed by atoms with Gasteiger partial charge >= 0.3 is 0 Å². The van der Waals surface area contributed by atoms with Crippen molar-refractivity contribution in [3.63, 3.8) is 0 Å². The molecule has 1 aromatic carbocycles. The fourth-order valence-corrected chi connectivity index (χ4v) is 1.05. The highest BCUT2D eigenvalue weighted by Crippen LogP contribution is 2.29. The molecule has 0 aliphatic rings. The molecule has 0 aliphatic carbocycles. The molecule has 1 heterocycles. The summed E-state index contributed by atoms with van der Waals surface area (Å²) in [6, 6.07) is 4.44. The molecule has 1 aromatic heterocycles. The summed E-state index contributed by atoms with van der Waals surface area (Å²) in [5.41, 5.74) is 0.405. The Kier molecular flexibility index (Phi) is 1.06. The summed E-state index contributed by atoms with van der Waals surface area (Å²) in [7, 11) is 0. The lowest BCUT2D eigenvalue weighted by Gasteiger charge is -1.94. The van der Waals surface area contributed by atoms with Gasteiger partial charge in [-0.2, -0.15) is 0 Å². The van der Waals surface area contributed by atoms with Crippen LogP contribution in [0.1, 0.15) is 0 Å². The minimum atomic E-state index is -0.0370. The highest BCUT2D eigenvalue weighted by molar-refractivity contribution is 5.84. The summed E-state index contributed by atoms with van der Waals surface area (Å²) in [4.78, 5) is 0. The van der Waals surface area contributed by atoms with E-state index in [2.05, 4.69) is 0 Å². The van der Waals surface area contributed by atoms with Gasteiger partial charge < -0.3 is 14.6 Å². The number of hydrogen-bond donors (Lipinski definition) is 2. The molecule has 0 amide bonds. The molecule has 2 rings (SSSR count). The number of benzene rings is 1. The molecule has 2 aromatic rings. The van der Waals surface area contributed by atoms with Crippen LogP contribution in [0.2, 0.25) is 0 Å². The van der Waals surface area contributed by atoms with E-state index in [4.69, 9.17) is 9.52 Å². The van der Waals surface area contributed by atoms with E-state index in [1.54, 1.807) is 6.07 Å². The van der Waals surface area contributed by atoms with Gasteiger partial charge in [-0.1, -0.05) is 0 Å². The summed E-state index contributed by atoms with van der Waals surface area (Å²) in [5.74, 6) is 0.00130. The second kappa shape index (κ2) is 1.92. The van der Waals surface area contributed by atoms with E-state index in [1.807, 2.05) is 0 Å². The Morgan fingerprint density at radius 3 is 2.82 bits per heavy atom. The van der Waals surface area contributed by atoms with Crippen LogP contribution in [0.25, 0.3) is 11.0 Å². The standard InChI is InChI=1S/C8H6O3/c9-6-3-5-1-2-11-8(5)7(10)4-6/h1-4,9-10H. The molecule has 0 bridgehead atoms. The van der Waals surface area contributed by atoms with Gasteiger partial charge in [0.15, 0.2) is 11.3 Å². The van der Waals surface area contributed by atoms with Crippen LogP contribution in [-0.2, 0) is 0 Å². The number of phenols is 2. The van der Waals surface area contributed by atoms with Crippen LogP contribution in [0.3, 0.4) is 0 Å². The molecular weight excluding hydrogens is 144 g/mol. The Hall–Kier alpha value is -1.64. The van der Waals surface area contributed by atoms with E-state index >= 15 is 0 Å². The highest BCUT2D eigenvalue weighted by atomic mass is 16.3. The van der Waals surface area contributed by atoms with E-state index in [9.17, 15) is 5.11 Å². The van der Waals surface area contributed by atoms with Crippen LogP contribution in [-0.4, -0.2) is 10.2 Å². The van der Waals surface area contributed by atoms with Gasteiger partial charge in [-0.3, -0.25) is 0 Å². The molecule has 2 N–H and O–H groups in total. The Bertz CT molecular complexity index is 389. The van der Waals surface area contributed by atoms with Crippen LogP contribution < -0.4 is 0 Å². The topological polar surface area (TPSA) is 53.6 Å². The molecule has 11 heavy (non-hydrogen) atoms. The first-order valence-corrected chi connectivity index (χ1v) is 3.16. The molecule has 0 spiro atoms. The SMILES string of the molecule is Oc1cc(O)c2occc2c1. The van der Waals surface area contributed by atoms with E-state index < -0.39 is 0 Å². The van der Waals surface area contributed by atoms with Gasteiger partial charge in [0.25, 0.3) is 0 Å². The average molecular weight is 150 g/mol. The predicted molar refractivity (Wildman–Crippen MR) is 39.5 cm³/mol. The number of hydrogen-bond acceptors (Lipinski definition) is 3. The second-order valence-electron chi connectivity index (χ2n) is 2.30. The monoisotopic (exact) mass is 150 g/mol. The third-order valence-electron chi connectivity index (χ3n) is 1.52. The maximum absolute atomic E-state index is 9.19. The highest BCUT2D eigenvalue weighted by Gasteiger charge is 2.03. The van der Waals surface area contributed by atoms with Gasteiger partial charge in [-0.25, -0.2) is 0 Å². The van der Waals surface area contributed by atoms with Gasteiger partial charge in [0.2, 0.25) is 0 Å². The maximum atomic E-state index is 9.19. The van der Waals surface area contributed by atoms with Gasteiger partial charge in [-0.05, 0) is 12.1 Å². The smallest absolute Gasteiger partial charge is 0.175 e. The molecule has 0 fully saturated rings. The Morgan fingerprint density at radius 2 is 2.00 bits per heavy atom. The van der Waals surface area contributed by atoms with Crippen molar-refractivity contribution in [2.24, 2.45) is 0 Å². The van der Waals surface area contributed by atoms with Crippen molar-refractivity contribution in [1.82, 2.24) is 0 Å². The molecule has 0 unspecified atom stereocenters. The minimum absolute atomic E-state index is 0.0370. The van der Waals surface area contributed by atoms with E-state index in [-0.39, 0.29) is 11.5 Å². The van der Waals surface area contributed by atoms with Crippen molar-refractivity contribution in [3.8, 4) is 11.5 Å². The maximum Gasteiger partial charge on any atom is 0.175 e. The van der Waals surface area contributed by atoms with Crippen molar-refractivity contribution < 1.29 is 14.6 Å². The minimum Gasteiger partial charge on any atom is -0.508 e. The molecule has 0 aliphatic heterocycles. The first-order valence-electron chi connectivity index (χ1n) is 3.16. The molecule has 0 radical (unpaired) electrons. The Balaban J connectivity index is 2.91. The molecule has 3 nitrogen and oxygen atoms in total. The number of furan rings is 1. The summed E-state index contributed by atoms with van der Waals surface area (Å²) in [6.45, 7) is 0. The first kappa shape index (κ1) is 6.09. The molecule has 0 atom stereocenters. The van der Waals surface area contributed by atoms with Crippen molar-refractivity contribution >= 4 is 11.0 Å². The van der Waals surface area contributed by atoms with Gasteiger partial charge in [0.05, 0.1) is 6.26 Å². The Labute approximate surface area is 62.5 Å². The van der Waals surface area contributed by atoms with Gasteiger partial charge in [0.1, 0.15) is 5.75 Å². The molecule has 3 heteroatoms. The predicted octanol–water partition coefficient (Wildman–Crippen LogP) is 1.84. The lowest BCUT2D eigenvalue weighted by molar-refractivity contribution is 0.446. The fourth-order valence-electron chi connectivity index (χ4n) is 1.05. The van der Waals surface area contributed by atoms with Crippen LogP contribution in [0, 0.1) is 0 Å². The molecule has 0 saturated carbocycles. The zero-order chi connectivity index (χ0) is 7.84. The van der Waals surface area contributed by atoms with Crippen LogP contribution in [0.4, 0.5) is 0 Å². The van der Waals surface area contributed by atoms with Gasteiger partial charge in [0, 0.05) is 11.5 Å². The number of aromatic hydroxyl groups is 2. The lowest BCUT2D eigenvalue weighted by Crippen LogP contribution is -1.67. The van der Waals surface area contributed by atoms with Crippen LogP contribution in [0.5, 0.6) is 11.5 Å². The summed E-state index contributed by atoms with van der Waals surface area (Å²) < 4.78 is 4.94. The normalized spacial score (nSPS) is 10.5. The first-order chi connectivity index (χ1) is 5.27. The molecule has 0 saturated heterocycles. The van der Waals surface area contributed by atoms with E-state index in [1.165, 1.54) is 18.4 Å². The number of rotatable bonds is 0. The third-order valence-corrected chi connectivity index (χ3v) is 1.52. The number of fused-ring (bicyclic) bond motifs is 1. The Morgan fingerprint density at radius 1 is 1.18 bits per heavy atom. The average Bonchev–Trinajstić information content (AvgIpc) is 2.34. The quantitative estimate of drug-likeness (QED) is 0.602. The summed E-state index contributed by atoms with van der Waals surface area (Å²) in [5, 5.41) is 18.9. The molecule has 56 valence electrons. The lowest BCUT2D eigenvalue weighted by atomic mass is 10.2. The van der Waals surface area contributed by atoms with Crippen molar-refractivity contribution in [1.29, 1.82) is 0 Å².